The minimum atomic E-state index is -1.96. The summed E-state index contributed by atoms with van der Waals surface area (Å²) in [5.74, 6) is -3.78. The maximum absolute atomic E-state index is 14.4. The van der Waals surface area contributed by atoms with Crippen LogP contribution in [-0.2, 0) is 19.1 Å². The Labute approximate surface area is 238 Å². The van der Waals surface area contributed by atoms with Gasteiger partial charge in [-0.25, -0.2) is 14.4 Å². The zero-order valence-corrected chi connectivity index (χ0v) is 22.5. The molecule has 1 aliphatic rings. The molecule has 4 aromatic rings. The van der Waals surface area contributed by atoms with E-state index in [-0.39, 0.29) is 36.7 Å². The normalized spacial score (nSPS) is 16.6. The third-order valence-electron chi connectivity index (χ3n) is 7.01. The van der Waals surface area contributed by atoms with Gasteiger partial charge in [0.1, 0.15) is 17.3 Å². The highest BCUT2D eigenvalue weighted by Crippen LogP contribution is 2.34. The summed E-state index contributed by atoms with van der Waals surface area (Å²) in [6, 6.07) is 13.7. The van der Waals surface area contributed by atoms with Crippen LogP contribution >= 0.6 is 0 Å². The van der Waals surface area contributed by atoms with E-state index in [4.69, 9.17) is 0 Å². The zero-order valence-electron chi connectivity index (χ0n) is 22.5. The van der Waals surface area contributed by atoms with Crippen molar-refractivity contribution >= 4 is 17.6 Å². The average molecular weight is 572 g/mol. The van der Waals surface area contributed by atoms with E-state index in [1.54, 1.807) is 30.3 Å². The van der Waals surface area contributed by atoms with Crippen molar-refractivity contribution in [3.8, 4) is 5.75 Å². The van der Waals surface area contributed by atoms with E-state index in [1.807, 2.05) is 0 Å². The van der Waals surface area contributed by atoms with Gasteiger partial charge in [0.05, 0.1) is 6.20 Å². The molecule has 214 valence electrons. The standard InChI is InChI=1S/C29H26FN7O5/c1-36-27(42)23(38)22(25(40)34-15-18-7-9-20(30)10-8-18)35-28(36)29(24(39)21-16-31-11-12-33-21)17-32-13-14-37(29)26(41)19-5-3-2-4-6-19/h2-12,16,32,38H,13-15,17H2,1H3,(H,34,40). The number of rotatable bonds is 7. The maximum atomic E-state index is 14.4. The summed E-state index contributed by atoms with van der Waals surface area (Å²) in [7, 11) is 1.29. The van der Waals surface area contributed by atoms with Crippen LogP contribution in [0.1, 0.15) is 42.7 Å². The topological polar surface area (TPSA) is 159 Å². The highest BCUT2D eigenvalue weighted by molar-refractivity contribution is 6.06. The van der Waals surface area contributed by atoms with Crippen molar-refractivity contribution in [2.75, 3.05) is 19.6 Å². The van der Waals surface area contributed by atoms with Gasteiger partial charge in [-0.15, -0.1) is 0 Å². The van der Waals surface area contributed by atoms with Crippen molar-refractivity contribution in [2.24, 2.45) is 7.05 Å². The van der Waals surface area contributed by atoms with Crippen LogP contribution in [0.3, 0.4) is 0 Å². The zero-order chi connectivity index (χ0) is 29.9. The molecule has 5 rings (SSSR count). The highest BCUT2D eigenvalue weighted by atomic mass is 19.1. The minimum Gasteiger partial charge on any atom is -0.501 e. The Morgan fingerprint density at radius 1 is 1.10 bits per heavy atom. The Hall–Kier alpha value is -5.30. The third-order valence-corrected chi connectivity index (χ3v) is 7.01. The van der Waals surface area contributed by atoms with Gasteiger partial charge in [0, 0.05) is 51.2 Å². The maximum Gasteiger partial charge on any atom is 0.296 e. The van der Waals surface area contributed by atoms with Crippen molar-refractivity contribution in [3.05, 3.63) is 118 Å². The van der Waals surface area contributed by atoms with Crippen LogP contribution < -0.4 is 16.2 Å². The molecule has 13 heteroatoms. The van der Waals surface area contributed by atoms with E-state index in [9.17, 15) is 28.7 Å². The summed E-state index contributed by atoms with van der Waals surface area (Å²) in [4.78, 5) is 68.6. The van der Waals surface area contributed by atoms with Gasteiger partial charge in [0.25, 0.3) is 17.4 Å². The van der Waals surface area contributed by atoms with Gasteiger partial charge in [-0.3, -0.25) is 28.7 Å². The van der Waals surface area contributed by atoms with Crippen LogP contribution in [-0.4, -0.2) is 66.8 Å². The number of amides is 2. The summed E-state index contributed by atoms with van der Waals surface area (Å²) in [5, 5.41) is 16.3. The molecule has 1 aliphatic heterocycles. The summed E-state index contributed by atoms with van der Waals surface area (Å²) in [6.07, 6.45) is 3.93. The number of aromatic nitrogens is 4. The van der Waals surface area contributed by atoms with E-state index in [0.717, 1.165) is 4.57 Å². The first-order valence-corrected chi connectivity index (χ1v) is 13.0. The SMILES string of the molecule is Cn1c(C2(C(=O)c3cnccn3)CNCCN2C(=O)c2ccccc2)nc(C(=O)NCc2ccc(F)cc2)c(O)c1=O. The Morgan fingerprint density at radius 2 is 1.83 bits per heavy atom. The predicted octanol–water partition coefficient (Wildman–Crippen LogP) is 1.17. The lowest BCUT2D eigenvalue weighted by Crippen LogP contribution is -2.66. The van der Waals surface area contributed by atoms with Crippen LogP contribution in [0.25, 0.3) is 0 Å². The van der Waals surface area contributed by atoms with Gasteiger partial charge >= 0.3 is 0 Å². The second-order valence-corrected chi connectivity index (χ2v) is 9.59. The van der Waals surface area contributed by atoms with E-state index in [1.165, 1.54) is 54.8 Å². The van der Waals surface area contributed by atoms with Gasteiger partial charge in [0.15, 0.2) is 11.2 Å². The first-order chi connectivity index (χ1) is 20.2. The molecule has 1 fully saturated rings. The van der Waals surface area contributed by atoms with Crippen LogP contribution in [0.15, 0.2) is 78.0 Å². The molecule has 0 aliphatic carbocycles. The first-order valence-electron chi connectivity index (χ1n) is 13.0. The second kappa shape index (κ2) is 11.7. The van der Waals surface area contributed by atoms with Gasteiger partial charge in [-0.1, -0.05) is 30.3 Å². The molecule has 1 atom stereocenters. The van der Waals surface area contributed by atoms with Crippen LogP contribution in [0.5, 0.6) is 5.75 Å². The molecule has 3 N–H and O–H groups in total. The summed E-state index contributed by atoms with van der Waals surface area (Å²) < 4.78 is 14.2. The van der Waals surface area contributed by atoms with Crippen LogP contribution in [0, 0.1) is 5.82 Å². The molecule has 42 heavy (non-hydrogen) atoms. The van der Waals surface area contributed by atoms with Crippen molar-refractivity contribution < 1.29 is 23.9 Å². The molecular weight excluding hydrogens is 545 g/mol. The van der Waals surface area contributed by atoms with Crippen molar-refractivity contribution in [1.29, 1.82) is 0 Å². The number of piperazine rings is 1. The Morgan fingerprint density at radius 3 is 2.52 bits per heavy atom. The van der Waals surface area contributed by atoms with Crippen molar-refractivity contribution in [2.45, 2.75) is 12.1 Å². The number of ketones is 1. The molecule has 1 saturated heterocycles. The number of hydrogen-bond acceptors (Lipinski definition) is 9. The third kappa shape index (κ3) is 5.12. The van der Waals surface area contributed by atoms with Crippen molar-refractivity contribution in [3.63, 3.8) is 0 Å². The number of hydrogen-bond donors (Lipinski definition) is 3. The summed E-state index contributed by atoms with van der Waals surface area (Å²) in [6.45, 7) is 0.130. The number of halogens is 1. The van der Waals surface area contributed by atoms with E-state index >= 15 is 0 Å². The largest absolute Gasteiger partial charge is 0.501 e. The molecule has 0 bridgehead atoms. The summed E-state index contributed by atoms with van der Waals surface area (Å²) in [5.41, 5.74) is -2.86. The fourth-order valence-electron chi connectivity index (χ4n) is 4.88. The predicted molar refractivity (Wildman–Crippen MR) is 147 cm³/mol. The molecule has 12 nitrogen and oxygen atoms in total. The molecular formula is C29H26FN7O5. The van der Waals surface area contributed by atoms with Crippen molar-refractivity contribution in [1.82, 2.24) is 35.1 Å². The Kier molecular flexibility index (Phi) is 7.84. The molecule has 2 aromatic heterocycles. The quantitative estimate of drug-likeness (QED) is 0.277. The molecule has 0 saturated carbocycles. The fourth-order valence-corrected chi connectivity index (χ4v) is 4.88. The highest BCUT2D eigenvalue weighted by Gasteiger charge is 2.53. The van der Waals surface area contributed by atoms with Crippen LogP contribution in [0.2, 0.25) is 0 Å². The second-order valence-electron chi connectivity index (χ2n) is 9.59. The number of benzene rings is 2. The lowest BCUT2D eigenvalue weighted by Gasteiger charge is -2.45. The smallest absolute Gasteiger partial charge is 0.296 e. The molecule has 1 unspecified atom stereocenters. The number of Topliss-reactive ketones (excluding diaryl/α,β-unsaturated/α-hetero) is 1. The molecule has 2 amide bonds. The number of nitrogens with zero attached hydrogens (tertiary/aromatic N) is 5. The van der Waals surface area contributed by atoms with Gasteiger partial charge in [-0.2, -0.15) is 0 Å². The Balaban J connectivity index is 1.66. The molecule has 2 aromatic carbocycles. The molecule has 0 spiro atoms. The first kappa shape index (κ1) is 28.2. The van der Waals surface area contributed by atoms with Gasteiger partial charge in [0.2, 0.25) is 11.5 Å². The molecule has 0 radical (unpaired) electrons. The van der Waals surface area contributed by atoms with E-state index < -0.39 is 46.0 Å². The van der Waals surface area contributed by atoms with Gasteiger partial charge < -0.3 is 20.6 Å². The fraction of sp³-hybridized carbons (Fsp3) is 0.207. The minimum absolute atomic E-state index is 0.0442. The number of carbonyl (C=O) groups is 3. The lowest BCUT2D eigenvalue weighted by molar-refractivity contribution is 0.0277. The van der Waals surface area contributed by atoms with Gasteiger partial charge in [-0.05, 0) is 29.8 Å². The lowest BCUT2D eigenvalue weighted by atomic mass is 9.85. The Bertz CT molecular complexity index is 1700. The summed E-state index contributed by atoms with van der Waals surface area (Å²) >= 11 is 0. The van der Waals surface area contributed by atoms with Crippen LogP contribution in [0.4, 0.5) is 4.39 Å². The number of aromatic hydroxyl groups is 1. The number of nitrogens with one attached hydrogen (secondary N) is 2. The monoisotopic (exact) mass is 571 g/mol. The van der Waals surface area contributed by atoms with E-state index in [0.29, 0.717) is 12.1 Å². The van der Waals surface area contributed by atoms with E-state index in [2.05, 4.69) is 25.6 Å². The average Bonchev–Trinajstić information content (AvgIpc) is 3.03. The number of carbonyl (C=O) groups excluding carboxylic acids is 3. The molecule has 3 heterocycles.